The summed E-state index contributed by atoms with van der Waals surface area (Å²) in [4.78, 5) is 0. The minimum absolute atomic E-state index is 0.499. The van der Waals surface area contributed by atoms with Crippen molar-refractivity contribution in [1.29, 1.82) is 0 Å². The van der Waals surface area contributed by atoms with Crippen LogP contribution in [0.15, 0.2) is 48.5 Å². The number of hydrogen-bond acceptors (Lipinski definition) is 4. The molecule has 4 atom stereocenters. The van der Waals surface area contributed by atoms with E-state index in [0.717, 1.165) is 51.4 Å². The van der Waals surface area contributed by atoms with Gasteiger partial charge in [0.05, 0.1) is 0 Å². The molecular weight excluding hydrogens is 592 g/mol. The molecule has 4 N–H and O–H groups in total. The molecule has 1 fully saturated rings. The molecule has 48 heavy (non-hydrogen) atoms. The Morgan fingerprint density at radius 2 is 0.625 bits per heavy atom. The maximum Gasteiger partial charge on any atom is 0.155 e. The highest BCUT2D eigenvalue weighted by molar-refractivity contribution is 5.58. The van der Waals surface area contributed by atoms with Crippen LogP contribution >= 0.6 is 0 Å². The Morgan fingerprint density at radius 3 is 0.812 bits per heavy atom. The van der Waals surface area contributed by atoms with Crippen LogP contribution in [0.4, 0.5) is 0 Å². The van der Waals surface area contributed by atoms with E-state index in [2.05, 4.69) is 75.1 Å². The van der Waals surface area contributed by atoms with Gasteiger partial charge in [0.2, 0.25) is 0 Å². The van der Waals surface area contributed by atoms with E-state index in [-0.39, 0.29) is 0 Å². The Kier molecular flexibility index (Phi) is 11.2. The van der Waals surface area contributed by atoms with E-state index >= 15 is 0 Å². The first-order valence-electron chi connectivity index (χ1n) is 18.3. The van der Waals surface area contributed by atoms with Gasteiger partial charge in [-0.3, -0.25) is 0 Å². The summed E-state index contributed by atoms with van der Waals surface area (Å²) in [6.07, 6.45) is 9.93. The lowest BCUT2D eigenvalue weighted by molar-refractivity contribution is -0.293. The second-order valence-corrected chi connectivity index (χ2v) is 13.9. The van der Waals surface area contributed by atoms with E-state index in [9.17, 15) is 20.4 Å². The molecule has 1 saturated carbocycles. The van der Waals surface area contributed by atoms with Gasteiger partial charge in [0.15, 0.2) is 22.4 Å². The molecule has 5 rings (SSSR count). The summed E-state index contributed by atoms with van der Waals surface area (Å²) < 4.78 is 0. The largest absolute Gasteiger partial charge is 0.373 e. The summed E-state index contributed by atoms with van der Waals surface area (Å²) in [7, 11) is 0. The summed E-state index contributed by atoms with van der Waals surface area (Å²) in [5, 5.41) is 52.0. The first-order valence-corrected chi connectivity index (χ1v) is 18.3. The minimum Gasteiger partial charge on any atom is -0.373 e. The third-order valence-corrected chi connectivity index (χ3v) is 10.7. The predicted octanol–water partition coefficient (Wildman–Crippen LogP) is 7.42. The highest BCUT2D eigenvalue weighted by Gasteiger charge is 2.79. The van der Waals surface area contributed by atoms with Crippen molar-refractivity contribution < 1.29 is 20.4 Å². The average Bonchev–Trinajstić information content (AvgIpc) is 3.08. The zero-order valence-electron chi connectivity index (χ0n) is 29.2. The molecule has 0 aliphatic heterocycles. The molecule has 0 heterocycles. The van der Waals surface area contributed by atoms with Crippen molar-refractivity contribution in [2.45, 2.75) is 127 Å². The van der Waals surface area contributed by atoms with Gasteiger partial charge in [-0.05, 0) is 25.7 Å². The van der Waals surface area contributed by atoms with E-state index in [4.69, 9.17) is 0 Å². The van der Waals surface area contributed by atoms with Crippen LogP contribution in [-0.4, -0.2) is 20.4 Å². The molecule has 3 aliphatic carbocycles. The first kappa shape index (κ1) is 35.8. The van der Waals surface area contributed by atoms with Crippen LogP contribution in [0.2, 0.25) is 0 Å². The van der Waals surface area contributed by atoms with Crippen molar-refractivity contribution in [1.82, 2.24) is 0 Å². The third kappa shape index (κ3) is 6.00. The van der Waals surface area contributed by atoms with Gasteiger partial charge in [0.1, 0.15) is 0 Å². The van der Waals surface area contributed by atoms with Crippen molar-refractivity contribution >= 4 is 0 Å². The van der Waals surface area contributed by atoms with E-state index < -0.39 is 46.1 Å². The van der Waals surface area contributed by atoms with E-state index in [1.165, 1.54) is 0 Å². The molecule has 4 unspecified atom stereocenters. The summed E-state index contributed by atoms with van der Waals surface area (Å²) >= 11 is 0. The maximum atomic E-state index is 13.0. The fourth-order valence-electron chi connectivity index (χ4n) is 8.29. The number of fused-ring (bicyclic) bond motifs is 6. The summed E-state index contributed by atoms with van der Waals surface area (Å²) in [6.45, 7) is 8.43. The Bertz CT molecular complexity index is 1450. The standard InChI is InChI=1S/C44H52O4/c1-5-9-13-21-29-41(45)33-25-17-18-26-34(33)42(46,30-22-14-10-6-2)38-37(41)39-40(38)44(48,32-24-16-12-8-4)36-28-20-19-27-35(36)43(39,47)31-23-15-11-7-3/h17-20,25-28,37-40,45-48H,5-16H2,1-4H3. The van der Waals surface area contributed by atoms with Crippen LogP contribution in [0.1, 0.15) is 127 Å². The van der Waals surface area contributed by atoms with E-state index in [0.29, 0.717) is 47.9 Å². The molecule has 3 aliphatic rings. The Balaban J connectivity index is 1.84. The molecule has 0 aromatic heterocycles. The molecule has 2 aromatic rings. The zero-order chi connectivity index (χ0) is 34.4. The molecule has 0 spiro atoms. The van der Waals surface area contributed by atoms with Gasteiger partial charge in [-0.25, -0.2) is 0 Å². The van der Waals surface area contributed by atoms with Crippen LogP contribution in [-0.2, 0) is 22.4 Å². The highest BCUT2D eigenvalue weighted by atomic mass is 16.3. The molecule has 0 radical (unpaired) electrons. The quantitative estimate of drug-likeness (QED) is 0.178. The average molecular weight is 645 g/mol. The number of rotatable bonds is 8. The summed E-state index contributed by atoms with van der Waals surface area (Å²) in [6, 6.07) is 14.7. The van der Waals surface area contributed by atoms with Crippen LogP contribution in [0.25, 0.3) is 0 Å². The Labute approximate surface area is 288 Å². The van der Waals surface area contributed by atoms with Crippen molar-refractivity contribution in [3.8, 4) is 47.4 Å². The Hall–Kier alpha value is -3.48. The van der Waals surface area contributed by atoms with Gasteiger partial charge in [0, 0.05) is 71.6 Å². The second-order valence-electron chi connectivity index (χ2n) is 13.9. The second kappa shape index (κ2) is 15.0. The lowest BCUT2D eigenvalue weighted by atomic mass is 9.34. The molecule has 4 nitrogen and oxygen atoms in total. The normalized spacial score (nSPS) is 32.0. The van der Waals surface area contributed by atoms with Crippen LogP contribution in [0.3, 0.4) is 0 Å². The smallest absolute Gasteiger partial charge is 0.155 e. The maximum absolute atomic E-state index is 13.0. The fourth-order valence-corrected chi connectivity index (χ4v) is 8.29. The summed E-state index contributed by atoms with van der Waals surface area (Å²) in [5.74, 6) is 22.9. The topological polar surface area (TPSA) is 80.9 Å². The van der Waals surface area contributed by atoms with Crippen molar-refractivity contribution in [3.63, 3.8) is 0 Å². The minimum atomic E-state index is -1.73. The van der Waals surface area contributed by atoms with Crippen molar-refractivity contribution in [3.05, 3.63) is 70.8 Å². The van der Waals surface area contributed by atoms with Crippen LogP contribution in [0, 0.1) is 71.0 Å². The van der Waals surface area contributed by atoms with Gasteiger partial charge >= 0.3 is 0 Å². The lowest BCUT2D eigenvalue weighted by Crippen LogP contribution is -2.75. The third-order valence-electron chi connectivity index (χ3n) is 10.7. The van der Waals surface area contributed by atoms with Gasteiger partial charge < -0.3 is 20.4 Å². The number of aliphatic hydroxyl groups is 4. The summed E-state index contributed by atoms with van der Waals surface area (Å²) in [5.41, 5.74) is -4.91. The fraction of sp³-hybridized carbons (Fsp3) is 0.545. The number of unbranched alkanes of at least 4 members (excludes halogenated alkanes) is 8. The van der Waals surface area contributed by atoms with Crippen molar-refractivity contribution in [2.24, 2.45) is 23.7 Å². The van der Waals surface area contributed by atoms with Gasteiger partial charge in [0.25, 0.3) is 0 Å². The Morgan fingerprint density at radius 1 is 0.417 bits per heavy atom. The molecule has 0 bridgehead atoms. The predicted molar refractivity (Wildman–Crippen MR) is 192 cm³/mol. The molecule has 2 aromatic carbocycles. The molecule has 0 amide bonds. The van der Waals surface area contributed by atoms with Gasteiger partial charge in [-0.2, -0.15) is 0 Å². The van der Waals surface area contributed by atoms with Gasteiger partial charge in [-0.15, -0.1) is 0 Å². The number of hydrogen-bond donors (Lipinski definition) is 4. The first-order chi connectivity index (χ1) is 23.2. The molecule has 252 valence electrons. The van der Waals surface area contributed by atoms with Crippen molar-refractivity contribution in [2.75, 3.05) is 0 Å². The highest BCUT2D eigenvalue weighted by Crippen LogP contribution is 2.73. The lowest BCUT2D eigenvalue weighted by Gasteiger charge is -2.70. The zero-order valence-corrected chi connectivity index (χ0v) is 29.2. The molecule has 0 saturated heterocycles. The molecular formula is C44H52O4. The van der Waals surface area contributed by atoms with E-state index in [1.807, 2.05) is 48.5 Å². The number of benzene rings is 2. The molecule has 4 heteroatoms. The van der Waals surface area contributed by atoms with Gasteiger partial charge in [-0.1, -0.05) is 149 Å². The van der Waals surface area contributed by atoms with Crippen LogP contribution in [0.5, 0.6) is 0 Å². The van der Waals surface area contributed by atoms with Crippen LogP contribution < -0.4 is 0 Å². The monoisotopic (exact) mass is 644 g/mol. The SMILES string of the molecule is CCCCC#CC1(O)c2ccccc2C(O)(C#CCCCC)C2C1C1C2C(O)(C#CCCCC)c2ccccc2C1(O)C#CCCCC. The van der Waals surface area contributed by atoms with E-state index in [1.54, 1.807) is 0 Å².